The van der Waals surface area contributed by atoms with Gasteiger partial charge in [-0.05, 0) is 13.0 Å². The third kappa shape index (κ3) is 9.81. The van der Waals surface area contributed by atoms with Crippen molar-refractivity contribution >= 4 is 0 Å². The summed E-state index contributed by atoms with van der Waals surface area (Å²) in [6.07, 6.45) is 0.556. The van der Waals surface area contributed by atoms with E-state index in [-0.39, 0.29) is 13.3 Å². The fourth-order valence-electron chi connectivity index (χ4n) is 0.628. The van der Waals surface area contributed by atoms with Crippen LogP contribution in [0.2, 0.25) is 0 Å². The maximum Gasteiger partial charge on any atom is 0.0906 e. The lowest BCUT2D eigenvalue weighted by molar-refractivity contribution is 0.0939. The van der Waals surface area contributed by atoms with Gasteiger partial charge in [-0.2, -0.15) is 0 Å². The topological polar surface area (TPSA) is 41.5 Å². The predicted octanol–water partition coefficient (Wildman–Crippen LogP) is -0.0555. The Balaban J connectivity index is 2.69. The number of hydrogen-bond acceptors (Lipinski definition) is 3. The van der Waals surface area contributed by atoms with Gasteiger partial charge in [0, 0.05) is 6.54 Å². The van der Waals surface area contributed by atoms with E-state index in [1.807, 2.05) is 0 Å². The van der Waals surface area contributed by atoms with E-state index in [9.17, 15) is 4.39 Å². The fourth-order valence-corrected chi connectivity index (χ4v) is 0.628. The summed E-state index contributed by atoms with van der Waals surface area (Å²) >= 11 is 0. The average molecular weight is 165 g/mol. The lowest BCUT2D eigenvalue weighted by Gasteiger charge is -2.02. The molecular formula is C7H16FNO2. The summed E-state index contributed by atoms with van der Waals surface area (Å²) in [6, 6.07) is 0. The third-order valence-corrected chi connectivity index (χ3v) is 1.15. The molecule has 0 bridgehead atoms. The molecule has 0 fully saturated rings. The molecule has 0 rings (SSSR count). The van der Waals surface area contributed by atoms with Gasteiger partial charge in [0.2, 0.25) is 0 Å². The van der Waals surface area contributed by atoms with E-state index in [4.69, 9.17) is 9.84 Å². The van der Waals surface area contributed by atoms with Crippen molar-refractivity contribution in [3.8, 4) is 0 Å². The molecule has 0 heterocycles. The SMILES string of the molecule is OCCOCCNCCCF. The second-order valence-electron chi connectivity index (χ2n) is 2.13. The summed E-state index contributed by atoms with van der Waals surface area (Å²) in [7, 11) is 0. The molecule has 0 saturated heterocycles. The smallest absolute Gasteiger partial charge is 0.0906 e. The van der Waals surface area contributed by atoms with E-state index in [1.165, 1.54) is 0 Å². The van der Waals surface area contributed by atoms with E-state index >= 15 is 0 Å². The van der Waals surface area contributed by atoms with Crippen LogP contribution in [0.1, 0.15) is 6.42 Å². The van der Waals surface area contributed by atoms with Crippen LogP contribution < -0.4 is 5.32 Å². The molecular weight excluding hydrogens is 149 g/mol. The minimum atomic E-state index is -0.273. The number of hydrogen-bond donors (Lipinski definition) is 2. The minimum absolute atomic E-state index is 0.0600. The highest BCUT2D eigenvalue weighted by atomic mass is 19.1. The molecule has 0 aliphatic carbocycles. The first-order valence-electron chi connectivity index (χ1n) is 3.87. The lowest BCUT2D eigenvalue weighted by atomic mass is 10.4. The van der Waals surface area contributed by atoms with Gasteiger partial charge in [0.25, 0.3) is 0 Å². The molecule has 0 aromatic rings. The quantitative estimate of drug-likeness (QED) is 0.495. The van der Waals surface area contributed by atoms with Gasteiger partial charge in [0.1, 0.15) is 0 Å². The first kappa shape index (κ1) is 10.8. The Bertz CT molecular complexity index is 65.5. The van der Waals surface area contributed by atoms with Gasteiger partial charge in [-0.3, -0.25) is 4.39 Å². The number of aliphatic hydroxyl groups excluding tert-OH is 1. The second kappa shape index (κ2) is 9.81. The Hall–Kier alpha value is -0.190. The molecule has 0 spiro atoms. The predicted molar refractivity (Wildman–Crippen MR) is 41.4 cm³/mol. The van der Waals surface area contributed by atoms with Crippen LogP contribution in [0.15, 0.2) is 0 Å². The molecule has 2 N–H and O–H groups in total. The largest absolute Gasteiger partial charge is 0.394 e. The molecule has 0 amide bonds. The van der Waals surface area contributed by atoms with Crippen molar-refractivity contribution in [2.45, 2.75) is 6.42 Å². The van der Waals surface area contributed by atoms with Crippen molar-refractivity contribution in [1.82, 2.24) is 5.32 Å². The van der Waals surface area contributed by atoms with Crippen LogP contribution in [0, 0.1) is 0 Å². The highest BCUT2D eigenvalue weighted by Gasteiger charge is 1.87. The summed E-state index contributed by atoms with van der Waals surface area (Å²) in [6.45, 7) is 2.16. The molecule has 68 valence electrons. The Labute approximate surface area is 66.6 Å². The zero-order valence-corrected chi connectivity index (χ0v) is 6.68. The molecule has 0 aromatic heterocycles. The molecule has 0 radical (unpaired) electrons. The molecule has 0 aliphatic heterocycles. The third-order valence-electron chi connectivity index (χ3n) is 1.15. The highest BCUT2D eigenvalue weighted by molar-refractivity contribution is 4.45. The molecule has 0 unspecified atom stereocenters. The van der Waals surface area contributed by atoms with Gasteiger partial charge in [-0.1, -0.05) is 0 Å². The van der Waals surface area contributed by atoms with Gasteiger partial charge in [0.15, 0.2) is 0 Å². The van der Waals surface area contributed by atoms with Crippen LogP contribution in [-0.4, -0.2) is 44.7 Å². The average Bonchev–Trinajstić information content (AvgIpc) is 2.03. The minimum Gasteiger partial charge on any atom is -0.394 e. The van der Waals surface area contributed by atoms with Crippen molar-refractivity contribution in [2.75, 3.05) is 39.6 Å². The van der Waals surface area contributed by atoms with Crippen LogP contribution in [0.5, 0.6) is 0 Å². The summed E-state index contributed by atoms with van der Waals surface area (Å²) in [5.41, 5.74) is 0. The molecule has 0 atom stereocenters. The highest BCUT2D eigenvalue weighted by Crippen LogP contribution is 1.76. The number of alkyl halides is 1. The van der Waals surface area contributed by atoms with E-state index in [1.54, 1.807) is 0 Å². The van der Waals surface area contributed by atoms with Gasteiger partial charge < -0.3 is 15.2 Å². The van der Waals surface area contributed by atoms with Gasteiger partial charge in [0.05, 0.1) is 26.5 Å². The van der Waals surface area contributed by atoms with Crippen molar-refractivity contribution in [3.63, 3.8) is 0 Å². The van der Waals surface area contributed by atoms with E-state index in [0.29, 0.717) is 26.2 Å². The Morgan fingerprint density at radius 1 is 1.27 bits per heavy atom. The van der Waals surface area contributed by atoms with Crippen LogP contribution in [0.25, 0.3) is 0 Å². The monoisotopic (exact) mass is 165 g/mol. The molecule has 0 aromatic carbocycles. The Morgan fingerprint density at radius 2 is 2.09 bits per heavy atom. The van der Waals surface area contributed by atoms with Gasteiger partial charge in [-0.15, -0.1) is 0 Å². The summed E-state index contributed by atoms with van der Waals surface area (Å²) in [4.78, 5) is 0. The van der Waals surface area contributed by atoms with Crippen LogP contribution >= 0.6 is 0 Å². The second-order valence-corrected chi connectivity index (χ2v) is 2.13. The van der Waals surface area contributed by atoms with E-state index < -0.39 is 0 Å². The zero-order valence-electron chi connectivity index (χ0n) is 6.68. The van der Waals surface area contributed by atoms with Crippen molar-refractivity contribution < 1.29 is 14.2 Å². The molecule has 11 heavy (non-hydrogen) atoms. The van der Waals surface area contributed by atoms with Gasteiger partial charge >= 0.3 is 0 Å². The Morgan fingerprint density at radius 3 is 2.73 bits per heavy atom. The first-order valence-corrected chi connectivity index (χ1v) is 3.87. The first-order chi connectivity index (χ1) is 5.41. The molecule has 0 aliphatic rings. The summed E-state index contributed by atoms with van der Waals surface area (Å²) < 4.78 is 16.5. The van der Waals surface area contributed by atoms with Crippen molar-refractivity contribution in [3.05, 3.63) is 0 Å². The number of ether oxygens (including phenoxy) is 1. The van der Waals surface area contributed by atoms with Crippen molar-refractivity contribution in [1.29, 1.82) is 0 Å². The van der Waals surface area contributed by atoms with Crippen LogP contribution in [0.4, 0.5) is 4.39 Å². The summed E-state index contributed by atoms with van der Waals surface area (Å²) in [5.74, 6) is 0. The number of halogens is 1. The number of nitrogens with one attached hydrogen (secondary N) is 1. The normalized spacial score (nSPS) is 10.4. The standard InChI is InChI=1S/C7H16FNO2/c8-2-1-3-9-4-6-11-7-5-10/h9-10H,1-7H2. The molecule has 4 heteroatoms. The van der Waals surface area contributed by atoms with Crippen molar-refractivity contribution in [2.24, 2.45) is 0 Å². The molecule has 3 nitrogen and oxygen atoms in total. The van der Waals surface area contributed by atoms with Crippen LogP contribution in [0.3, 0.4) is 0 Å². The Kier molecular flexibility index (Phi) is 9.64. The van der Waals surface area contributed by atoms with Gasteiger partial charge in [-0.25, -0.2) is 0 Å². The molecule has 0 saturated carbocycles. The number of rotatable bonds is 8. The summed E-state index contributed by atoms with van der Waals surface area (Å²) in [5, 5.41) is 11.3. The van der Waals surface area contributed by atoms with E-state index in [2.05, 4.69) is 5.32 Å². The fraction of sp³-hybridized carbons (Fsp3) is 1.00. The van der Waals surface area contributed by atoms with E-state index in [0.717, 1.165) is 6.54 Å². The maximum atomic E-state index is 11.5. The van der Waals surface area contributed by atoms with Crippen LogP contribution in [-0.2, 0) is 4.74 Å². The lowest BCUT2D eigenvalue weighted by Crippen LogP contribution is -2.21. The number of aliphatic hydroxyl groups is 1. The zero-order chi connectivity index (χ0) is 8.36. The maximum absolute atomic E-state index is 11.5.